The highest BCUT2D eigenvalue weighted by atomic mass is 35.5. The molecule has 0 radical (unpaired) electrons. The summed E-state index contributed by atoms with van der Waals surface area (Å²) < 4.78 is 4.94. The highest BCUT2D eigenvalue weighted by Gasteiger charge is 2.27. The van der Waals surface area contributed by atoms with Gasteiger partial charge in [-0.3, -0.25) is 14.8 Å². The highest BCUT2D eigenvalue weighted by Crippen LogP contribution is 2.26. The van der Waals surface area contributed by atoms with Gasteiger partial charge in [0.25, 0.3) is 0 Å². The van der Waals surface area contributed by atoms with Crippen LogP contribution < -0.4 is 0 Å². The molecule has 8 heteroatoms. The Morgan fingerprint density at radius 1 is 1.29 bits per heavy atom. The molecule has 0 aliphatic carbocycles. The maximum Gasteiger partial charge on any atom is 0.248 e. The summed E-state index contributed by atoms with van der Waals surface area (Å²) in [6, 6.07) is 5.69. The van der Waals surface area contributed by atoms with Gasteiger partial charge in [-0.2, -0.15) is 5.10 Å². The van der Waals surface area contributed by atoms with Gasteiger partial charge >= 0.3 is 0 Å². The summed E-state index contributed by atoms with van der Waals surface area (Å²) in [4.78, 5) is 22.7. The Labute approximate surface area is 169 Å². The van der Waals surface area contributed by atoms with Crippen molar-refractivity contribution < 1.29 is 9.53 Å². The van der Waals surface area contributed by atoms with E-state index in [-0.39, 0.29) is 18.4 Å². The van der Waals surface area contributed by atoms with Gasteiger partial charge in [-0.15, -0.1) is 0 Å². The molecule has 1 fully saturated rings. The predicted molar refractivity (Wildman–Crippen MR) is 109 cm³/mol. The third kappa shape index (κ3) is 4.25. The van der Waals surface area contributed by atoms with Gasteiger partial charge in [0.1, 0.15) is 11.8 Å². The van der Waals surface area contributed by atoms with Crippen LogP contribution in [0.4, 0.5) is 0 Å². The molecular formula is C20H24ClN5O2. The lowest BCUT2D eigenvalue weighted by atomic mass is 9.96. The maximum absolute atomic E-state index is 11.9. The fraction of sp³-hybridized carbons (Fsp3) is 0.500. The summed E-state index contributed by atoms with van der Waals surface area (Å²) in [6.45, 7) is 3.54. The van der Waals surface area contributed by atoms with Gasteiger partial charge < -0.3 is 9.64 Å². The van der Waals surface area contributed by atoms with Gasteiger partial charge in [0, 0.05) is 51.6 Å². The molecule has 4 rings (SSSR count). The van der Waals surface area contributed by atoms with E-state index in [1.807, 2.05) is 29.4 Å². The van der Waals surface area contributed by atoms with Crippen molar-refractivity contribution >= 4 is 34.8 Å². The number of carbonyl (C=O) groups is 1. The number of ether oxygens (including phenoxy) is 1. The third-order valence-electron chi connectivity index (χ3n) is 5.47. The molecular weight excluding hydrogens is 378 g/mol. The first-order valence-electron chi connectivity index (χ1n) is 9.60. The zero-order valence-corrected chi connectivity index (χ0v) is 16.7. The quantitative estimate of drug-likeness (QED) is 0.720. The van der Waals surface area contributed by atoms with Crippen LogP contribution in [0.15, 0.2) is 29.5 Å². The van der Waals surface area contributed by atoms with Crippen LogP contribution in [0.5, 0.6) is 0 Å². The lowest BCUT2D eigenvalue weighted by molar-refractivity contribution is -0.136. The third-order valence-corrected chi connectivity index (χ3v) is 5.68. The van der Waals surface area contributed by atoms with Crippen LogP contribution >= 0.6 is 11.6 Å². The van der Waals surface area contributed by atoms with Gasteiger partial charge in [0.2, 0.25) is 5.91 Å². The van der Waals surface area contributed by atoms with Crippen LogP contribution in [0.3, 0.4) is 0 Å². The Kier molecular flexibility index (Phi) is 5.73. The Balaban J connectivity index is 1.32. The summed E-state index contributed by atoms with van der Waals surface area (Å²) in [5.74, 6) is 0.844. The number of piperidine rings is 1. The minimum atomic E-state index is 0.0812. The smallest absolute Gasteiger partial charge is 0.248 e. The molecule has 1 saturated heterocycles. The molecule has 2 aliphatic heterocycles. The van der Waals surface area contributed by atoms with Crippen molar-refractivity contribution in [3.05, 3.63) is 35.1 Å². The van der Waals surface area contributed by atoms with Crippen LogP contribution in [-0.2, 0) is 9.53 Å². The zero-order valence-electron chi connectivity index (χ0n) is 15.9. The molecule has 148 valence electrons. The minimum absolute atomic E-state index is 0.0812. The number of nitrogens with zero attached hydrogens (tertiary/aromatic N) is 5. The molecule has 0 spiro atoms. The molecule has 0 N–H and O–H groups in total. The van der Waals surface area contributed by atoms with Crippen molar-refractivity contribution in [3.63, 3.8) is 0 Å². The second-order valence-corrected chi connectivity index (χ2v) is 7.83. The molecule has 2 aromatic heterocycles. The maximum atomic E-state index is 11.9. The van der Waals surface area contributed by atoms with Crippen molar-refractivity contribution in [2.24, 2.45) is 11.0 Å². The molecule has 1 unspecified atom stereocenters. The average molecular weight is 402 g/mol. The zero-order chi connectivity index (χ0) is 19.5. The normalized spacial score (nSPS) is 20.3. The number of aromatic nitrogens is 2. The van der Waals surface area contributed by atoms with Crippen LogP contribution in [0, 0.1) is 5.92 Å². The molecule has 7 nitrogen and oxygen atoms in total. The fourth-order valence-electron chi connectivity index (χ4n) is 3.89. The molecule has 1 atom stereocenters. The first-order chi connectivity index (χ1) is 13.6. The number of fused-ring (bicyclic) bond motifs is 1. The van der Waals surface area contributed by atoms with Crippen molar-refractivity contribution in [1.29, 1.82) is 0 Å². The summed E-state index contributed by atoms with van der Waals surface area (Å²) in [5, 5.41) is 7.21. The van der Waals surface area contributed by atoms with Crippen molar-refractivity contribution in [2.75, 3.05) is 39.9 Å². The Hall–Kier alpha value is -2.25. The molecule has 0 bridgehead atoms. The van der Waals surface area contributed by atoms with Crippen molar-refractivity contribution in [1.82, 2.24) is 19.9 Å². The molecule has 0 aromatic carbocycles. The number of hydrazone groups is 1. The summed E-state index contributed by atoms with van der Waals surface area (Å²) >= 11 is 6.00. The largest absolute Gasteiger partial charge is 0.375 e. The van der Waals surface area contributed by atoms with E-state index in [1.54, 1.807) is 13.2 Å². The minimum Gasteiger partial charge on any atom is -0.375 e. The lowest BCUT2D eigenvalue weighted by Gasteiger charge is -2.33. The monoisotopic (exact) mass is 401 g/mol. The van der Waals surface area contributed by atoms with Crippen molar-refractivity contribution in [2.45, 2.75) is 18.8 Å². The fourth-order valence-corrected chi connectivity index (χ4v) is 4.04. The molecule has 2 aromatic rings. The van der Waals surface area contributed by atoms with Gasteiger partial charge in [0.05, 0.1) is 11.0 Å². The highest BCUT2D eigenvalue weighted by molar-refractivity contribution is 6.29. The van der Waals surface area contributed by atoms with Crippen LogP contribution in [-0.4, -0.2) is 71.9 Å². The van der Waals surface area contributed by atoms with E-state index >= 15 is 0 Å². The van der Waals surface area contributed by atoms with Gasteiger partial charge in [0.15, 0.2) is 0 Å². The first-order valence-corrected chi connectivity index (χ1v) is 9.98. The van der Waals surface area contributed by atoms with E-state index in [2.05, 4.69) is 20.1 Å². The standard InChI is InChI=1S/C20H24ClN5O2/c1-28-13-20(27)25-6-4-14(5-7-25)11-26-12-16(10-23-26)15-8-18-17(22-9-15)2-3-19(21)24-18/h2-3,8-10,14,16H,4-7,11-13H2,1H3. The summed E-state index contributed by atoms with van der Waals surface area (Å²) in [7, 11) is 1.56. The van der Waals surface area contributed by atoms with E-state index in [9.17, 15) is 4.79 Å². The molecule has 1 amide bonds. The van der Waals surface area contributed by atoms with E-state index < -0.39 is 0 Å². The number of likely N-dealkylation sites (tertiary alicyclic amines) is 1. The second-order valence-electron chi connectivity index (χ2n) is 7.44. The molecule has 0 saturated carbocycles. The van der Waals surface area contributed by atoms with Gasteiger partial charge in [-0.1, -0.05) is 11.6 Å². The van der Waals surface area contributed by atoms with Gasteiger partial charge in [-0.25, -0.2) is 4.98 Å². The predicted octanol–water partition coefficient (Wildman–Crippen LogP) is 2.55. The summed E-state index contributed by atoms with van der Waals surface area (Å²) in [5.41, 5.74) is 2.76. The van der Waals surface area contributed by atoms with Crippen LogP contribution in [0.2, 0.25) is 5.15 Å². The average Bonchev–Trinajstić information content (AvgIpc) is 3.16. The number of methoxy groups -OCH3 is 1. The lowest BCUT2D eigenvalue weighted by Crippen LogP contribution is -2.42. The number of pyridine rings is 2. The number of amides is 1. The number of halogens is 1. The topological polar surface area (TPSA) is 70.9 Å². The number of hydrogen-bond acceptors (Lipinski definition) is 6. The van der Waals surface area contributed by atoms with E-state index in [4.69, 9.17) is 16.3 Å². The molecule has 2 aliphatic rings. The van der Waals surface area contributed by atoms with Crippen LogP contribution in [0.25, 0.3) is 11.0 Å². The Bertz CT molecular complexity index is 882. The van der Waals surface area contributed by atoms with Crippen LogP contribution in [0.1, 0.15) is 24.3 Å². The van der Waals surface area contributed by atoms with E-state index in [1.165, 1.54) is 0 Å². The van der Waals surface area contributed by atoms with E-state index in [0.717, 1.165) is 55.6 Å². The van der Waals surface area contributed by atoms with Gasteiger partial charge in [-0.05, 0) is 42.5 Å². The number of rotatable bonds is 5. The summed E-state index contributed by atoms with van der Waals surface area (Å²) in [6.07, 6.45) is 5.90. The Morgan fingerprint density at radius 3 is 2.89 bits per heavy atom. The second kappa shape index (κ2) is 8.41. The molecule has 28 heavy (non-hydrogen) atoms. The van der Waals surface area contributed by atoms with E-state index in [0.29, 0.717) is 11.1 Å². The Morgan fingerprint density at radius 2 is 2.11 bits per heavy atom. The number of hydrogen-bond donors (Lipinski definition) is 0. The number of carbonyl (C=O) groups excluding carboxylic acids is 1. The van der Waals surface area contributed by atoms with Crippen molar-refractivity contribution in [3.8, 4) is 0 Å². The first kappa shape index (κ1) is 19.1. The molecule has 4 heterocycles. The SMILES string of the molecule is COCC(=O)N1CCC(CN2CC(c3cnc4ccc(Cl)nc4c3)C=N2)CC1.